The lowest BCUT2D eigenvalue weighted by Crippen LogP contribution is -2.80. The van der Waals surface area contributed by atoms with Gasteiger partial charge in [-0.1, -0.05) is 60.7 Å². The predicted octanol–water partition coefficient (Wildman–Crippen LogP) is 3.06. The molecule has 0 unspecified atom stereocenters. The Kier molecular flexibility index (Phi) is 6.21. The molecule has 0 aliphatic carbocycles. The van der Waals surface area contributed by atoms with E-state index in [2.05, 4.69) is 41.7 Å². The maximum Gasteiger partial charge on any atom is 0.119 e. The summed E-state index contributed by atoms with van der Waals surface area (Å²) in [4.78, 5) is 0. The summed E-state index contributed by atoms with van der Waals surface area (Å²) in [6.45, 7) is 2.16. The van der Waals surface area contributed by atoms with Crippen LogP contribution in [0.15, 0.2) is 84.9 Å². The Hall–Kier alpha value is -2.62. The van der Waals surface area contributed by atoms with Gasteiger partial charge < -0.3 is 15.2 Å². The second-order valence-corrected chi connectivity index (χ2v) is 6.06. The quantitative estimate of drug-likeness (QED) is 0.665. The maximum absolute atomic E-state index is 10.1. The number of hydrogen-bond acceptors (Lipinski definition) is 2. The van der Waals surface area contributed by atoms with E-state index in [-0.39, 0.29) is 6.61 Å². The van der Waals surface area contributed by atoms with E-state index in [1.54, 1.807) is 0 Å². The number of quaternary nitrogens is 1. The minimum atomic E-state index is -0.611. The van der Waals surface area contributed by atoms with Crippen molar-refractivity contribution in [2.45, 2.75) is 19.2 Å². The van der Waals surface area contributed by atoms with E-state index in [9.17, 15) is 5.11 Å². The summed E-state index contributed by atoms with van der Waals surface area (Å²) >= 11 is 0. The van der Waals surface area contributed by atoms with E-state index in [1.165, 1.54) is 11.1 Å². The number of benzene rings is 3. The van der Waals surface area contributed by atoms with Crippen LogP contribution in [0.5, 0.6) is 5.75 Å². The van der Waals surface area contributed by atoms with Crippen LogP contribution in [-0.4, -0.2) is 11.7 Å². The van der Waals surface area contributed by atoms with Crippen LogP contribution >= 0.6 is 0 Å². The molecule has 0 fully saturated rings. The van der Waals surface area contributed by atoms with E-state index in [0.717, 1.165) is 24.4 Å². The molecule has 3 aromatic rings. The van der Waals surface area contributed by atoms with Gasteiger partial charge in [0.25, 0.3) is 0 Å². The standard InChI is InChI=1S/C22H23NO2/c24-22(20-9-5-2-6-10-20)17-25-21-13-11-19(12-14-21)16-23-15-18-7-3-1-4-8-18/h1-14,22-24H,15-17H2/p+1/t22-/m1/s1. The summed E-state index contributed by atoms with van der Waals surface area (Å²) in [7, 11) is 0. The van der Waals surface area contributed by atoms with Gasteiger partial charge >= 0.3 is 0 Å². The Balaban J connectivity index is 1.44. The van der Waals surface area contributed by atoms with Gasteiger partial charge in [0, 0.05) is 11.1 Å². The van der Waals surface area contributed by atoms with Crippen molar-refractivity contribution < 1.29 is 15.2 Å². The highest BCUT2D eigenvalue weighted by Crippen LogP contribution is 2.16. The molecule has 3 N–H and O–H groups in total. The number of aliphatic hydroxyl groups excluding tert-OH is 1. The molecule has 3 aromatic carbocycles. The van der Waals surface area contributed by atoms with Crippen LogP contribution < -0.4 is 10.1 Å². The van der Waals surface area contributed by atoms with Crippen molar-refractivity contribution in [3.63, 3.8) is 0 Å². The average molecular weight is 334 g/mol. The number of hydrogen-bond donors (Lipinski definition) is 2. The first kappa shape index (κ1) is 17.2. The molecular formula is C22H24NO2+. The fraction of sp³-hybridized carbons (Fsp3) is 0.182. The Morgan fingerprint density at radius 3 is 1.92 bits per heavy atom. The zero-order valence-corrected chi connectivity index (χ0v) is 14.2. The van der Waals surface area contributed by atoms with Gasteiger partial charge in [-0.05, 0) is 29.8 Å². The minimum Gasteiger partial charge on any atom is -0.491 e. The fourth-order valence-corrected chi connectivity index (χ4v) is 2.69. The molecule has 0 amide bonds. The van der Waals surface area contributed by atoms with Crippen molar-refractivity contribution in [2.24, 2.45) is 0 Å². The number of ether oxygens (including phenoxy) is 1. The Bertz CT molecular complexity index is 742. The minimum absolute atomic E-state index is 0.253. The van der Waals surface area contributed by atoms with Gasteiger partial charge in [0.15, 0.2) is 0 Å². The lowest BCUT2D eigenvalue weighted by molar-refractivity contribution is -0.686. The smallest absolute Gasteiger partial charge is 0.119 e. The third kappa shape index (κ3) is 5.45. The molecule has 0 heterocycles. The number of nitrogens with two attached hydrogens (primary N) is 1. The highest BCUT2D eigenvalue weighted by molar-refractivity contribution is 5.27. The van der Waals surface area contributed by atoms with E-state index in [4.69, 9.17) is 4.74 Å². The van der Waals surface area contributed by atoms with Crippen molar-refractivity contribution in [2.75, 3.05) is 6.61 Å². The van der Waals surface area contributed by atoms with E-state index < -0.39 is 6.10 Å². The summed E-state index contributed by atoms with van der Waals surface area (Å²) in [5.74, 6) is 0.779. The average Bonchev–Trinajstić information content (AvgIpc) is 2.68. The molecule has 0 bridgehead atoms. The van der Waals surface area contributed by atoms with E-state index >= 15 is 0 Å². The van der Waals surface area contributed by atoms with Crippen molar-refractivity contribution in [1.82, 2.24) is 0 Å². The third-order valence-corrected chi connectivity index (χ3v) is 4.12. The molecule has 128 valence electrons. The second kappa shape index (κ2) is 9.02. The van der Waals surface area contributed by atoms with Crippen LogP contribution in [0.1, 0.15) is 22.8 Å². The normalized spacial score (nSPS) is 11.9. The largest absolute Gasteiger partial charge is 0.491 e. The van der Waals surface area contributed by atoms with Gasteiger partial charge in [-0.25, -0.2) is 0 Å². The fourth-order valence-electron chi connectivity index (χ4n) is 2.69. The van der Waals surface area contributed by atoms with Crippen LogP contribution in [0.2, 0.25) is 0 Å². The van der Waals surface area contributed by atoms with Crippen LogP contribution in [0.25, 0.3) is 0 Å². The summed E-state index contributed by atoms with van der Waals surface area (Å²) in [5, 5.41) is 12.4. The van der Waals surface area contributed by atoms with Gasteiger partial charge in [-0.3, -0.25) is 0 Å². The Morgan fingerprint density at radius 2 is 1.28 bits per heavy atom. The first-order chi connectivity index (χ1) is 12.3. The molecule has 0 spiro atoms. The van der Waals surface area contributed by atoms with Gasteiger partial charge in [0.05, 0.1) is 0 Å². The summed E-state index contributed by atoms with van der Waals surface area (Å²) in [6, 6.07) is 28.1. The zero-order valence-electron chi connectivity index (χ0n) is 14.2. The van der Waals surface area contributed by atoms with Crippen molar-refractivity contribution >= 4 is 0 Å². The third-order valence-electron chi connectivity index (χ3n) is 4.12. The molecule has 0 aliphatic heterocycles. The van der Waals surface area contributed by atoms with Crippen LogP contribution in [0.3, 0.4) is 0 Å². The molecule has 3 nitrogen and oxygen atoms in total. The molecular weight excluding hydrogens is 310 g/mol. The van der Waals surface area contributed by atoms with Crippen molar-refractivity contribution in [1.29, 1.82) is 0 Å². The van der Waals surface area contributed by atoms with Crippen LogP contribution in [0.4, 0.5) is 0 Å². The molecule has 3 heteroatoms. The molecule has 25 heavy (non-hydrogen) atoms. The Labute approximate surface area is 148 Å². The van der Waals surface area contributed by atoms with E-state index in [0.29, 0.717) is 0 Å². The topological polar surface area (TPSA) is 46.1 Å². The van der Waals surface area contributed by atoms with Crippen molar-refractivity contribution in [3.05, 3.63) is 102 Å². The molecule has 0 aliphatic rings. The molecule has 0 radical (unpaired) electrons. The van der Waals surface area contributed by atoms with E-state index in [1.807, 2.05) is 48.5 Å². The lowest BCUT2D eigenvalue weighted by Gasteiger charge is -2.13. The van der Waals surface area contributed by atoms with Crippen LogP contribution in [0, 0.1) is 0 Å². The summed E-state index contributed by atoms with van der Waals surface area (Å²) in [5.41, 5.74) is 3.46. The predicted molar refractivity (Wildman–Crippen MR) is 99.1 cm³/mol. The van der Waals surface area contributed by atoms with Crippen molar-refractivity contribution in [3.8, 4) is 5.75 Å². The summed E-state index contributed by atoms with van der Waals surface area (Å²) < 4.78 is 5.69. The molecule has 3 rings (SSSR count). The molecule has 0 aromatic heterocycles. The monoisotopic (exact) mass is 334 g/mol. The van der Waals surface area contributed by atoms with Gasteiger partial charge in [0.1, 0.15) is 31.5 Å². The number of rotatable bonds is 8. The van der Waals surface area contributed by atoms with Gasteiger partial charge in [-0.2, -0.15) is 0 Å². The molecule has 0 saturated heterocycles. The lowest BCUT2D eigenvalue weighted by atomic mass is 10.1. The first-order valence-electron chi connectivity index (χ1n) is 8.61. The maximum atomic E-state index is 10.1. The second-order valence-electron chi connectivity index (χ2n) is 6.06. The molecule has 0 saturated carbocycles. The molecule has 1 atom stereocenters. The number of aliphatic hydroxyl groups is 1. The summed E-state index contributed by atoms with van der Waals surface area (Å²) in [6.07, 6.45) is -0.611. The van der Waals surface area contributed by atoms with Gasteiger partial charge in [-0.15, -0.1) is 0 Å². The SMILES string of the molecule is O[C@H](COc1ccc(C[NH2+]Cc2ccccc2)cc1)c1ccccc1. The highest BCUT2D eigenvalue weighted by Gasteiger charge is 2.07. The van der Waals surface area contributed by atoms with Crippen LogP contribution in [-0.2, 0) is 13.1 Å². The Morgan fingerprint density at radius 1 is 0.720 bits per heavy atom. The first-order valence-corrected chi connectivity index (χ1v) is 8.61. The van der Waals surface area contributed by atoms with Gasteiger partial charge in [0.2, 0.25) is 0 Å². The highest BCUT2D eigenvalue weighted by atomic mass is 16.5. The zero-order chi connectivity index (χ0) is 17.3.